The number of likely N-dealkylation sites (tertiary alicyclic amines) is 1. The van der Waals surface area contributed by atoms with Gasteiger partial charge in [0.2, 0.25) is 12.2 Å². The summed E-state index contributed by atoms with van der Waals surface area (Å²) in [5.74, 6) is 0.769. The molecule has 1 aliphatic carbocycles. The smallest absolute Gasteiger partial charge is 0.209 e. The minimum Gasteiger partial charge on any atom is -0.354 e. The van der Waals surface area contributed by atoms with Gasteiger partial charge >= 0.3 is 0 Å². The number of benzene rings is 1. The van der Waals surface area contributed by atoms with Gasteiger partial charge in [0.25, 0.3) is 0 Å². The number of nitrogens with one attached hydrogen (secondary N) is 1. The summed E-state index contributed by atoms with van der Waals surface area (Å²) < 4.78 is 0. The van der Waals surface area contributed by atoms with E-state index in [1.54, 1.807) is 0 Å². The number of hydrogen-bond donors (Lipinski definition) is 1. The van der Waals surface area contributed by atoms with E-state index in [9.17, 15) is 0 Å². The first-order valence-corrected chi connectivity index (χ1v) is 8.85. The monoisotopic (exact) mass is 310 g/mol. The van der Waals surface area contributed by atoms with Crippen LogP contribution >= 0.6 is 0 Å². The van der Waals surface area contributed by atoms with E-state index in [-0.39, 0.29) is 5.41 Å². The second kappa shape index (κ2) is 7.50. The molecule has 1 aliphatic heterocycles. The average Bonchev–Trinajstić information content (AvgIpc) is 3.15. The number of rotatable bonds is 3. The molecule has 0 amide bonds. The lowest BCUT2D eigenvalue weighted by molar-refractivity contribution is 0.288. The van der Waals surface area contributed by atoms with Gasteiger partial charge < -0.3 is 10.2 Å². The third-order valence-electron chi connectivity index (χ3n) is 5.34. The lowest BCUT2D eigenvalue weighted by atomic mass is 9.69. The van der Waals surface area contributed by atoms with E-state index in [4.69, 9.17) is 5.26 Å². The molecule has 23 heavy (non-hydrogen) atoms. The molecule has 0 bridgehead atoms. The number of nitrogens with zero attached hydrogens (tertiary/aromatic N) is 3. The molecule has 4 nitrogen and oxygen atoms in total. The predicted octanol–water partition coefficient (Wildman–Crippen LogP) is 3.41. The Balaban J connectivity index is 1.76. The van der Waals surface area contributed by atoms with E-state index >= 15 is 0 Å². The Morgan fingerprint density at radius 1 is 1.09 bits per heavy atom. The van der Waals surface area contributed by atoms with Gasteiger partial charge in [0.1, 0.15) is 0 Å². The molecule has 1 saturated heterocycles. The fraction of sp³-hybridized carbons (Fsp3) is 0.579. The molecular weight excluding hydrogens is 284 g/mol. The molecule has 1 aromatic rings. The summed E-state index contributed by atoms with van der Waals surface area (Å²) in [6, 6.07) is 10.9. The highest BCUT2D eigenvalue weighted by atomic mass is 15.3. The van der Waals surface area contributed by atoms with Crippen molar-refractivity contribution in [1.29, 1.82) is 5.26 Å². The molecule has 1 heterocycles. The number of nitriles is 1. The maximum atomic E-state index is 9.01. The van der Waals surface area contributed by atoms with E-state index in [0.717, 1.165) is 25.6 Å². The quantitative estimate of drug-likeness (QED) is 0.529. The van der Waals surface area contributed by atoms with Gasteiger partial charge in [0.05, 0.1) is 0 Å². The van der Waals surface area contributed by atoms with E-state index in [1.165, 1.54) is 50.5 Å². The van der Waals surface area contributed by atoms with Crippen molar-refractivity contribution in [3.8, 4) is 6.19 Å². The highest BCUT2D eigenvalue weighted by Crippen LogP contribution is 2.38. The Labute approximate surface area is 139 Å². The van der Waals surface area contributed by atoms with Crippen molar-refractivity contribution in [3.63, 3.8) is 0 Å². The molecule has 0 radical (unpaired) electrons. The molecular formula is C19H26N4. The van der Waals surface area contributed by atoms with E-state index in [0.29, 0.717) is 0 Å². The largest absolute Gasteiger partial charge is 0.354 e. The van der Waals surface area contributed by atoms with Crippen LogP contribution in [0, 0.1) is 11.5 Å². The van der Waals surface area contributed by atoms with Crippen LogP contribution in [0.15, 0.2) is 35.3 Å². The van der Waals surface area contributed by atoms with Gasteiger partial charge in [-0.3, -0.25) is 0 Å². The summed E-state index contributed by atoms with van der Waals surface area (Å²) in [6.07, 6.45) is 10.7. The van der Waals surface area contributed by atoms with Crippen LogP contribution in [-0.2, 0) is 5.41 Å². The van der Waals surface area contributed by atoms with E-state index < -0.39 is 0 Å². The standard InChI is InChI=1S/C19H26N4/c20-16-22-18(23-13-7-8-14-23)21-15-19(11-5-2-6-12-19)17-9-3-1-4-10-17/h1,3-4,9-10H,2,5-8,11-15H2,(H,21,22). The van der Waals surface area contributed by atoms with Crippen LogP contribution in [0.5, 0.6) is 0 Å². The Kier molecular flexibility index (Phi) is 5.17. The minimum absolute atomic E-state index is 0.176. The lowest BCUT2D eigenvalue weighted by Gasteiger charge is -2.39. The van der Waals surface area contributed by atoms with Crippen molar-refractivity contribution < 1.29 is 0 Å². The maximum absolute atomic E-state index is 9.01. The van der Waals surface area contributed by atoms with Crippen molar-refractivity contribution in [3.05, 3.63) is 35.9 Å². The second-order valence-electron chi connectivity index (χ2n) is 6.79. The molecule has 0 spiro atoms. The molecule has 0 atom stereocenters. The van der Waals surface area contributed by atoms with Gasteiger partial charge in [-0.1, -0.05) is 49.6 Å². The van der Waals surface area contributed by atoms with E-state index in [1.807, 2.05) is 6.19 Å². The van der Waals surface area contributed by atoms with Crippen LogP contribution in [0.3, 0.4) is 0 Å². The third kappa shape index (κ3) is 3.67. The molecule has 1 saturated carbocycles. The predicted molar refractivity (Wildman–Crippen MR) is 93.1 cm³/mol. The Morgan fingerprint density at radius 2 is 1.78 bits per heavy atom. The Bertz CT molecular complexity index is 561. The van der Waals surface area contributed by atoms with Crippen molar-refractivity contribution >= 4 is 5.96 Å². The zero-order chi connectivity index (χ0) is 16.0. The molecule has 0 aromatic heterocycles. The molecule has 1 aromatic carbocycles. The zero-order valence-corrected chi connectivity index (χ0v) is 13.8. The molecule has 3 rings (SSSR count). The van der Waals surface area contributed by atoms with Gasteiger partial charge in [-0.2, -0.15) is 5.26 Å². The number of hydrogen-bond acceptors (Lipinski definition) is 2. The van der Waals surface area contributed by atoms with Gasteiger partial charge in [-0.05, 0) is 31.2 Å². The maximum Gasteiger partial charge on any atom is 0.209 e. The number of aliphatic imine (C=N–C) groups is 1. The highest BCUT2D eigenvalue weighted by Gasteiger charge is 2.34. The van der Waals surface area contributed by atoms with Crippen molar-refractivity contribution in [2.24, 2.45) is 4.99 Å². The summed E-state index contributed by atoms with van der Waals surface area (Å²) in [7, 11) is 0. The van der Waals surface area contributed by atoms with Crippen LogP contribution in [0.4, 0.5) is 0 Å². The third-order valence-corrected chi connectivity index (χ3v) is 5.34. The van der Waals surface area contributed by atoms with Crippen LogP contribution in [-0.4, -0.2) is 30.5 Å². The van der Waals surface area contributed by atoms with E-state index in [2.05, 4.69) is 45.5 Å². The molecule has 2 aliphatic rings. The fourth-order valence-corrected chi connectivity index (χ4v) is 4.03. The van der Waals surface area contributed by atoms with Crippen LogP contribution in [0.25, 0.3) is 0 Å². The van der Waals surface area contributed by atoms with Gasteiger partial charge in [0.15, 0.2) is 0 Å². The first kappa shape index (κ1) is 15.9. The summed E-state index contributed by atoms with van der Waals surface area (Å²) in [6.45, 7) is 2.88. The minimum atomic E-state index is 0.176. The first-order valence-electron chi connectivity index (χ1n) is 8.85. The summed E-state index contributed by atoms with van der Waals surface area (Å²) in [5.41, 5.74) is 1.60. The molecule has 1 N–H and O–H groups in total. The second-order valence-corrected chi connectivity index (χ2v) is 6.79. The van der Waals surface area contributed by atoms with Crippen LogP contribution < -0.4 is 5.32 Å². The Morgan fingerprint density at radius 3 is 2.43 bits per heavy atom. The van der Waals surface area contributed by atoms with Crippen LogP contribution in [0.2, 0.25) is 0 Å². The summed E-state index contributed by atoms with van der Waals surface area (Å²) in [4.78, 5) is 6.27. The van der Waals surface area contributed by atoms with Crippen molar-refractivity contribution in [2.45, 2.75) is 50.4 Å². The fourth-order valence-electron chi connectivity index (χ4n) is 4.03. The highest BCUT2D eigenvalue weighted by molar-refractivity contribution is 5.81. The summed E-state index contributed by atoms with van der Waals surface area (Å²) in [5, 5.41) is 12.5. The van der Waals surface area contributed by atoms with Gasteiger partial charge in [0, 0.05) is 25.0 Å². The molecule has 122 valence electrons. The Hall–Kier alpha value is -2.02. The average molecular weight is 310 g/mol. The van der Waals surface area contributed by atoms with Gasteiger partial charge in [-0.25, -0.2) is 0 Å². The summed E-state index contributed by atoms with van der Waals surface area (Å²) >= 11 is 0. The van der Waals surface area contributed by atoms with Crippen molar-refractivity contribution in [1.82, 2.24) is 10.2 Å². The topological polar surface area (TPSA) is 51.4 Å². The molecule has 4 heteroatoms. The lowest BCUT2D eigenvalue weighted by Crippen LogP contribution is -2.47. The van der Waals surface area contributed by atoms with Crippen molar-refractivity contribution in [2.75, 3.05) is 19.6 Å². The first-order chi connectivity index (χ1) is 11.3. The normalized spacial score (nSPS) is 21.0. The molecule has 2 fully saturated rings. The SMILES string of the molecule is N#C/N=C(/NCC1(c2ccccc2)CCCCC1)N1CCCC1. The zero-order valence-electron chi connectivity index (χ0n) is 13.8. The molecule has 0 unspecified atom stereocenters. The van der Waals surface area contributed by atoms with Gasteiger partial charge in [-0.15, -0.1) is 4.99 Å². The van der Waals surface area contributed by atoms with Crippen LogP contribution in [0.1, 0.15) is 50.5 Å². The number of guanidine groups is 1.